The first kappa shape index (κ1) is 31.1. The number of hydrogen-bond donors (Lipinski definition) is 1. The number of aromatic nitrogens is 1. The number of alkyl carbamates (subject to hydrolysis) is 1. The van der Waals surface area contributed by atoms with Crippen LogP contribution in [0.4, 0.5) is 4.79 Å². The van der Waals surface area contributed by atoms with Crippen molar-refractivity contribution in [1.82, 2.24) is 10.3 Å². The zero-order valence-electron chi connectivity index (χ0n) is 24.6. The second-order valence-electron chi connectivity index (χ2n) is 12.4. The molecule has 2 heterocycles. The molecular weight excluding hydrogens is 468 g/mol. The van der Waals surface area contributed by atoms with E-state index in [2.05, 4.69) is 31.3 Å². The third-order valence-corrected chi connectivity index (χ3v) is 7.08. The van der Waals surface area contributed by atoms with E-state index >= 15 is 0 Å². The number of ether oxygens (including phenoxy) is 3. The molecule has 4 unspecified atom stereocenters. The lowest BCUT2D eigenvalue weighted by atomic mass is 9.82. The molecule has 4 atom stereocenters. The van der Waals surface area contributed by atoms with Crippen LogP contribution in [0.1, 0.15) is 91.1 Å². The van der Waals surface area contributed by atoms with E-state index in [0.29, 0.717) is 18.8 Å². The van der Waals surface area contributed by atoms with Gasteiger partial charge in [-0.15, -0.1) is 0 Å². The minimum atomic E-state index is -0.501. The quantitative estimate of drug-likeness (QED) is 0.253. The Morgan fingerprint density at radius 2 is 1.89 bits per heavy atom. The number of rotatable bonds is 13. The summed E-state index contributed by atoms with van der Waals surface area (Å²) < 4.78 is 16.9. The van der Waals surface area contributed by atoms with Gasteiger partial charge in [-0.3, -0.25) is 9.78 Å². The number of unbranched alkanes of at least 4 members (excludes halogenated alkanes) is 1. The number of nitrogens with zero attached hydrogens (tertiary/aromatic N) is 1. The fourth-order valence-corrected chi connectivity index (χ4v) is 4.96. The van der Waals surface area contributed by atoms with Crippen molar-refractivity contribution in [2.24, 2.45) is 23.7 Å². The fourth-order valence-electron chi connectivity index (χ4n) is 4.96. The maximum atomic E-state index is 12.8. The molecule has 0 bridgehead atoms. The Morgan fingerprint density at radius 3 is 2.46 bits per heavy atom. The Kier molecular flexibility index (Phi) is 11.9. The van der Waals surface area contributed by atoms with E-state index in [-0.39, 0.29) is 23.7 Å². The van der Waals surface area contributed by atoms with E-state index < -0.39 is 23.8 Å². The van der Waals surface area contributed by atoms with Crippen LogP contribution in [0.25, 0.3) is 0 Å². The number of aryl methyl sites for hydroxylation is 2. The molecule has 1 aromatic rings. The van der Waals surface area contributed by atoms with E-state index in [9.17, 15) is 9.59 Å². The molecule has 0 aliphatic carbocycles. The molecule has 1 fully saturated rings. The molecule has 210 valence electrons. The largest absolute Gasteiger partial charge is 0.458 e. The van der Waals surface area contributed by atoms with Gasteiger partial charge in [0.1, 0.15) is 12.2 Å². The molecule has 1 aromatic heterocycles. The smallest absolute Gasteiger partial charge is 0.407 e. The summed E-state index contributed by atoms with van der Waals surface area (Å²) in [6.45, 7) is 17.0. The van der Waals surface area contributed by atoms with Crippen LogP contribution in [-0.2, 0) is 31.8 Å². The topological polar surface area (TPSA) is 86.8 Å². The van der Waals surface area contributed by atoms with Crippen LogP contribution >= 0.6 is 0 Å². The molecule has 0 radical (unpaired) electrons. The number of nitrogens with one attached hydrogen (secondary N) is 1. The number of carbonyl (C=O) groups is 2. The SMILES string of the molecule is COCCCCc1cc(CC(CC(OC(=O)NC(C)(C)C)C2CC(C(C)C)C(=O)O2)C(C)C)cc(C)n1. The van der Waals surface area contributed by atoms with Crippen LogP contribution in [-0.4, -0.2) is 48.5 Å². The average molecular weight is 519 g/mol. The molecule has 1 aliphatic rings. The number of carbonyl (C=O) groups excluding carboxylic acids is 2. The van der Waals surface area contributed by atoms with Gasteiger partial charge in [0, 0.05) is 37.1 Å². The Morgan fingerprint density at radius 1 is 1.19 bits per heavy atom. The Bertz CT molecular complexity index is 877. The lowest BCUT2D eigenvalue weighted by molar-refractivity contribution is -0.149. The standard InChI is InChI=1S/C30H50N2O5/c1-19(2)23(15-22-14-21(5)31-24(16-22)12-10-11-13-35-9)17-26(37-29(34)32-30(6,7)8)27-18-25(20(3)4)28(33)36-27/h14,16,19-20,23,25-27H,10-13,15,17-18H2,1-9H3,(H,32,34). The molecule has 1 aliphatic heterocycles. The average Bonchev–Trinajstić information content (AvgIpc) is 3.16. The summed E-state index contributed by atoms with van der Waals surface area (Å²) in [5.41, 5.74) is 2.95. The zero-order chi connectivity index (χ0) is 27.8. The van der Waals surface area contributed by atoms with Crippen LogP contribution < -0.4 is 5.32 Å². The third-order valence-electron chi connectivity index (χ3n) is 7.08. The van der Waals surface area contributed by atoms with Gasteiger partial charge in [-0.2, -0.15) is 0 Å². The van der Waals surface area contributed by atoms with Crippen LogP contribution in [0.5, 0.6) is 0 Å². The first-order valence-electron chi connectivity index (χ1n) is 13.9. The molecule has 7 heteroatoms. The van der Waals surface area contributed by atoms with E-state index in [1.165, 1.54) is 5.56 Å². The molecule has 0 aromatic carbocycles. The lowest BCUT2D eigenvalue weighted by Gasteiger charge is -2.30. The first-order valence-corrected chi connectivity index (χ1v) is 13.9. The van der Waals surface area contributed by atoms with Crippen molar-refractivity contribution >= 4 is 12.1 Å². The summed E-state index contributed by atoms with van der Waals surface area (Å²) in [4.78, 5) is 30.1. The number of amides is 1. The second-order valence-corrected chi connectivity index (χ2v) is 12.4. The van der Waals surface area contributed by atoms with Crippen LogP contribution in [0.15, 0.2) is 12.1 Å². The highest BCUT2D eigenvalue weighted by Gasteiger charge is 2.43. The monoisotopic (exact) mass is 518 g/mol. The van der Waals surface area contributed by atoms with Gasteiger partial charge in [0.2, 0.25) is 0 Å². The molecule has 37 heavy (non-hydrogen) atoms. The van der Waals surface area contributed by atoms with Gasteiger partial charge in [0.15, 0.2) is 0 Å². The molecule has 1 saturated heterocycles. The molecule has 7 nitrogen and oxygen atoms in total. The minimum Gasteiger partial charge on any atom is -0.458 e. The summed E-state index contributed by atoms with van der Waals surface area (Å²) in [6.07, 6.45) is 3.64. The summed E-state index contributed by atoms with van der Waals surface area (Å²) in [5, 5.41) is 2.90. The predicted molar refractivity (Wildman–Crippen MR) is 146 cm³/mol. The van der Waals surface area contributed by atoms with Crippen molar-refractivity contribution in [2.45, 2.75) is 112 Å². The van der Waals surface area contributed by atoms with Crippen LogP contribution in [0, 0.1) is 30.6 Å². The molecule has 2 rings (SSSR count). The molecular formula is C30H50N2O5. The van der Waals surface area contributed by atoms with E-state index in [0.717, 1.165) is 43.7 Å². The Balaban J connectivity index is 2.21. The van der Waals surface area contributed by atoms with Crippen molar-refractivity contribution in [3.05, 3.63) is 29.1 Å². The normalized spacial score (nSPS) is 19.7. The van der Waals surface area contributed by atoms with Gasteiger partial charge in [0.25, 0.3) is 0 Å². The number of cyclic esters (lactones) is 1. The van der Waals surface area contributed by atoms with Gasteiger partial charge >= 0.3 is 12.1 Å². The van der Waals surface area contributed by atoms with E-state index in [1.54, 1.807) is 7.11 Å². The number of esters is 1. The number of hydrogen-bond acceptors (Lipinski definition) is 6. The van der Waals surface area contributed by atoms with E-state index in [1.807, 2.05) is 41.5 Å². The van der Waals surface area contributed by atoms with E-state index in [4.69, 9.17) is 19.2 Å². The maximum Gasteiger partial charge on any atom is 0.407 e. The van der Waals surface area contributed by atoms with Crippen LogP contribution in [0.3, 0.4) is 0 Å². The highest BCUT2D eigenvalue weighted by Crippen LogP contribution is 2.34. The molecule has 1 N–H and O–H groups in total. The van der Waals surface area contributed by atoms with Crippen molar-refractivity contribution in [2.75, 3.05) is 13.7 Å². The van der Waals surface area contributed by atoms with Gasteiger partial charge in [-0.1, -0.05) is 27.7 Å². The fraction of sp³-hybridized carbons (Fsp3) is 0.767. The highest BCUT2D eigenvalue weighted by molar-refractivity contribution is 5.75. The van der Waals surface area contributed by atoms with Crippen LogP contribution in [0.2, 0.25) is 0 Å². The van der Waals surface area contributed by atoms with Crippen molar-refractivity contribution in [3.63, 3.8) is 0 Å². The molecule has 0 spiro atoms. The maximum absolute atomic E-state index is 12.8. The lowest BCUT2D eigenvalue weighted by Crippen LogP contribution is -2.45. The first-order chi connectivity index (χ1) is 17.3. The summed E-state index contributed by atoms with van der Waals surface area (Å²) >= 11 is 0. The number of pyridine rings is 1. The van der Waals surface area contributed by atoms with Gasteiger partial charge in [-0.25, -0.2) is 4.79 Å². The van der Waals surface area contributed by atoms with Gasteiger partial charge in [-0.05, 0) is 95.2 Å². The Labute approximate surface area is 224 Å². The second kappa shape index (κ2) is 14.1. The summed E-state index contributed by atoms with van der Waals surface area (Å²) in [5.74, 6) is 0.432. The van der Waals surface area contributed by atoms with Crippen molar-refractivity contribution in [1.29, 1.82) is 0 Å². The minimum absolute atomic E-state index is 0.164. The third kappa shape index (κ3) is 10.6. The number of methoxy groups -OCH3 is 1. The van der Waals surface area contributed by atoms with Gasteiger partial charge < -0.3 is 19.5 Å². The predicted octanol–water partition coefficient (Wildman–Crippen LogP) is 6.04. The molecule has 1 amide bonds. The summed E-state index contributed by atoms with van der Waals surface area (Å²) in [7, 11) is 1.73. The molecule has 0 saturated carbocycles. The Hall–Kier alpha value is -2.15. The van der Waals surface area contributed by atoms with Crippen molar-refractivity contribution in [3.8, 4) is 0 Å². The highest BCUT2D eigenvalue weighted by atomic mass is 16.6. The summed E-state index contributed by atoms with van der Waals surface area (Å²) in [6, 6.07) is 4.36. The van der Waals surface area contributed by atoms with Crippen molar-refractivity contribution < 1.29 is 23.8 Å². The zero-order valence-corrected chi connectivity index (χ0v) is 24.6. The van der Waals surface area contributed by atoms with Gasteiger partial charge in [0.05, 0.1) is 5.92 Å².